The molecule has 196 valence electrons. The lowest BCUT2D eigenvalue weighted by Crippen LogP contribution is -2.17. The molecule has 0 aliphatic carbocycles. The van der Waals surface area contributed by atoms with Crippen LogP contribution < -0.4 is 9.94 Å². The molecule has 0 aliphatic rings. The van der Waals surface area contributed by atoms with Gasteiger partial charge in [-0.25, -0.2) is 18.5 Å². The number of fused-ring (bicyclic) bond motifs is 1. The number of pyridine rings is 1. The van der Waals surface area contributed by atoms with Crippen molar-refractivity contribution >= 4 is 48.3 Å². The molecule has 11 heteroatoms. The maximum absolute atomic E-state index is 11.6. The first kappa shape index (κ1) is 26.5. The first-order valence-electron chi connectivity index (χ1n) is 11.8. The topological polar surface area (TPSA) is 109 Å². The molecule has 3 N–H and O–H groups in total. The van der Waals surface area contributed by atoms with Crippen molar-refractivity contribution < 1.29 is 8.42 Å². The Bertz CT molecular complexity index is 1750. The number of nitrogens with two attached hydrogens (primary N) is 1. The Morgan fingerprint density at radius 2 is 1.76 bits per heavy atom. The monoisotopic (exact) mass is 610 g/mol. The van der Waals surface area contributed by atoms with Crippen molar-refractivity contribution in [2.45, 2.75) is 24.5 Å². The van der Waals surface area contributed by atoms with Crippen LogP contribution >= 0.6 is 27.3 Å². The minimum atomic E-state index is -3.73. The zero-order valence-electron chi connectivity index (χ0n) is 20.9. The standard InChI is InChI=1S/C27H27BrN6O2S2/c1-33(2)15-19-3-5-20(6-4-19)16-34-25(24-14-31-26-23(24)11-21(28)13-30-26)17-37-27(34)32-12-18-7-9-22(10-8-18)38(29,35)36/h3-11,13-14,17H,12,15-16H2,1-2H3,(H,30,31)(H2,29,35,36). The number of nitrogens with zero attached hydrogens (tertiary/aromatic N) is 4. The number of thiazole rings is 1. The minimum Gasteiger partial charge on any atom is -0.345 e. The van der Waals surface area contributed by atoms with E-state index in [-0.39, 0.29) is 4.90 Å². The number of aromatic amines is 1. The quantitative estimate of drug-likeness (QED) is 0.265. The number of primary sulfonamides is 1. The van der Waals surface area contributed by atoms with Gasteiger partial charge in [0, 0.05) is 39.7 Å². The van der Waals surface area contributed by atoms with Crippen LogP contribution in [0.25, 0.3) is 22.3 Å². The fourth-order valence-electron chi connectivity index (χ4n) is 4.25. The molecule has 0 bridgehead atoms. The summed E-state index contributed by atoms with van der Waals surface area (Å²) in [6.07, 6.45) is 3.76. The van der Waals surface area contributed by atoms with Crippen LogP contribution in [0.1, 0.15) is 16.7 Å². The molecule has 5 rings (SSSR count). The number of hydrogen-bond acceptors (Lipinski definition) is 6. The summed E-state index contributed by atoms with van der Waals surface area (Å²) in [6, 6.07) is 17.2. The minimum absolute atomic E-state index is 0.0894. The molecular weight excluding hydrogens is 584 g/mol. The molecule has 0 saturated heterocycles. The van der Waals surface area contributed by atoms with E-state index in [1.807, 2.05) is 6.20 Å². The van der Waals surface area contributed by atoms with Crippen molar-refractivity contribution in [2.24, 2.45) is 10.1 Å². The van der Waals surface area contributed by atoms with Crippen LogP contribution in [0, 0.1) is 0 Å². The second-order valence-corrected chi connectivity index (χ2v) is 12.6. The third kappa shape index (κ3) is 5.97. The molecule has 0 aliphatic heterocycles. The van der Waals surface area contributed by atoms with Gasteiger partial charge in [-0.05, 0) is 64.9 Å². The Morgan fingerprint density at radius 1 is 1.08 bits per heavy atom. The summed E-state index contributed by atoms with van der Waals surface area (Å²) in [6.45, 7) is 1.95. The molecule has 0 saturated carbocycles. The summed E-state index contributed by atoms with van der Waals surface area (Å²) in [5.74, 6) is 0. The largest absolute Gasteiger partial charge is 0.345 e. The molecule has 0 spiro atoms. The fourth-order valence-corrected chi connectivity index (χ4v) is 6.00. The Hall–Kier alpha value is -3.09. The number of halogens is 1. The van der Waals surface area contributed by atoms with Crippen molar-refractivity contribution in [2.75, 3.05) is 14.1 Å². The van der Waals surface area contributed by atoms with Gasteiger partial charge < -0.3 is 14.5 Å². The average Bonchev–Trinajstić information content (AvgIpc) is 3.46. The van der Waals surface area contributed by atoms with Crippen LogP contribution in [0.5, 0.6) is 0 Å². The maximum Gasteiger partial charge on any atom is 0.238 e. The van der Waals surface area contributed by atoms with Gasteiger partial charge in [0.15, 0.2) is 4.80 Å². The third-order valence-corrected chi connectivity index (χ3v) is 8.35. The fraction of sp³-hybridized carbons (Fsp3) is 0.185. The van der Waals surface area contributed by atoms with Crippen LogP contribution in [0.3, 0.4) is 0 Å². The van der Waals surface area contributed by atoms with Crippen LogP contribution in [-0.2, 0) is 29.7 Å². The van der Waals surface area contributed by atoms with Gasteiger partial charge in [-0.1, -0.05) is 36.4 Å². The van der Waals surface area contributed by atoms with E-state index in [4.69, 9.17) is 10.1 Å². The molecule has 0 amide bonds. The smallest absolute Gasteiger partial charge is 0.238 e. The second-order valence-electron chi connectivity index (χ2n) is 9.30. The van der Waals surface area contributed by atoms with Gasteiger partial charge in [-0.3, -0.25) is 4.99 Å². The average molecular weight is 612 g/mol. The summed E-state index contributed by atoms with van der Waals surface area (Å²) >= 11 is 5.12. The molecule has 2 aromatic carbocycles. The van der Waals surface area contributed by atoms with Crippen LogP contribution in [0.2, 0.25) is 0 Å². The van der Waals surface area contributed by atoms with Gasteiger partial charge >= 0.3 is 0 Å². The van der Waals surface area contributed by atoms with Crippen molar-refractivity contribution in [1.82, 2.24) is 19.4 Å². The van der Waals surface area contributed by atoms with E-state index in [0.717, 1.165) is 43.7 Å². The number of sulfonamides is 1. The van der Waals surface area contributed by atoms with E-state index in [9.17, 15) is 8.42 Å². The summed E-state index contributed by atoms with van der Waals surface area (Å²) in [5.41, 5.74) is 6.24. The van der Waals surface area contributed by atoms with Crippen molar-refractivity contribution in [1.29, 1.82) is 0 Å². The summed E-state index contributed by atoms with van der Waals surface area (Å²) < 4.78 is 26.3. The number of nitrogens with one attached hydrogen (secondary N) is 1. The number of aromatic nitrogens is 3. The highest BCUT2D eigenvalue weighted by atomic mass is 79.9. The second kappa shape index (κ2) is 11.0. The van der Waals surface area contributed by atoms with E-state index in [0.29, 0.717) is 13.1 Å². The summed E-state index contributed by atoms with van der Waals surface area (Å²) in [4.78, 5) is 15.8. The molecule has 0 atom stereocenters. The molecule has 3 aromatic heterocycles. The Labute approximate surface area is 233 Å². The first-order chi connectivity index (χ1) is 18.2. The SMILES string of the molecule is CN(C)Cc1ccc(Cn2c(-c3c[nH]c4ncc(Br)cc34)csc2=NCc2ccc(S(N)(=O)=O)cc2)cc1. The lowest BCUT2D eigenvalue weighted by molar-refractivity contribution is 0.402. The van der Waals surface area contributed by atoms with Crippen molar-refractivity contribution in [3.8, 4) is 11.3 Å². The Kier molecular flexibility index (Phi) is 7.64. The zero-order valence-corrected chi connectivity index (χ0v) is 24.1. The number of hydrogen-bond donors (Lipinski definition) is 2. The maximum atomic E-state index is 11.6. The van der Waals surface area contributed by atoms with Crippen molar-refractivity contribution in [3.05, 3.63) is 98.3 Å². The van der Waals surface area contributed by atoms with E-state index >= 15 is 0 Å². The third-order valence-electron chi connectivity index (χ3n) is 6.08. The molecule has 5 aromatic rings. The van der Waals surface area contributed by atoms with Gasteiger partial charge in [0.05, 0.1) is 23.7 Å². The van der Waals surface area contributed by atoms with Gasteiger partial charge in [-0.2, -0.15) is 0 Å². The van der Waals surface area contributed by atoms with Gasteiger partial charge in [0.25, 0.3) is 0 Å². The van der Waals surface area contributed by atoms with Crippen molar-refractivity contribution in [3.63, 3.8) is 0 Å². The summed E-state index contributed by atoms with van der Waals surface area (Å²) in [5, 5.41) is 8.37. The van der Waals surface area contributed by atoms with Gasteiger partial charge in [0.1, 0.15) is 5.65 Å². The molecular formula is C27H27BrN6O2S2. The molecule has 8 nitrogen and oxygen atoms in total. The molecule has 3 heterocycles. The van der Waals surface area contributed by atoms with E-state index in [1.54, 1.807) is 29.7 Å². The Balaban J connectivity index is 1.54. The summed E-state index contributed by atoms with van der Waals surface area (Å²) in [7, 11) is 0.396. The molecule has 0 radical (unpaired) electrons. The predicted molar refractivity (Wildman–Crippen MR) is 155 cm³/mol. The predicted octanol–water partition coefficient (Wildman–Crippen LogP) is 4.71. The van der Waals surface area contributed by atoms with Gasteiger partial charge in [-0.15, -0.1) is 11.3 Å². The normalized spacial score (nSPS) is 12.6. The van der Waals surface area contributed by atoms with Crippen LogP contribution in [-0.4, -0.2) is 41.9 Å². The van der Waals surface area contributed by atoms with E-state index in [2.05, 4.69) is 85.2 Å². The van der Waals surface area contributed by atoms with E-state index in [1.165, 1.54) is 23.3 Å². The van der Waals surface area contributed by atoms with Gasteiger partial charge in [0.2, 0.25) is 10.0 Å². The highest BCUT2D eigenvalue weighted by Gasteiger charge is 2.15. The zero-order chi connectivity index (χ0) is 26.9. The lowest BCUT2D eigenvalue weighted by Gasteiger charge is -2.12. The van der Waals surface area contributed by atoms with Crippen LogP contribution in [0.15, 0.2) is 86.7 Å². The highest BCUT2D eigenvalue weighted by Crippen LogP contribution is 2.30. The molecule has 38 heavy (non-hydrogen) atoms. The molecule has 0 unspecified atom stereocenters. The Morgan fingerprint density at radius 3 is 2.45 bits per heavy atom. The molecule has 0 fully saturated rings. The number of rotatable bonds is 8. The number of benzene rings is 2. The van der Waals surface area contributed by atoms with Crippen LogP contribution in [0.4, 0.5) is 0 Å². The number of H-pyrrole nitrogens is 1. The lowest BCUT2D eigenvalue weighted by atomic mass is 10.1. The van der Waals surface area contributed by atoms with E-state index < -0.39 is 10.0 Å². The first-order valence-corrected chi connectivity index (χ1v) is 15.1. The highest BCUT2D eigenvalue weighted by molar-refractivity contribution is 9.10.